The van der Waals surface area contributed by atoms with Crippen LogP contribution in [0.3, 0.4) is 0 Å². The van der Waals surface area contributed by atoms with E-state index in [4.69, 9.17) is 4.74 Å². The third-order valence-electron chi connectivity index (χ3n) is 3.17. The molecule has 2 aromatic carbocycles. The largest absolute Gasteiger partial charge is 0.481 e. The molecule has 120 valence electrons. The molecule has 5 heteroatoms. The maximum absolute atomic E-state index is 12.3. The quantitative estimate of drug-likeness (QED) is 0.889. The number of aryl methyl sites for hydroxylation is 1. The Kier molecular flexibility index (Phi) is 5.36. The zero-order valence-corrected chi connectivity index (χ0v) is 13.4. The highest BCUT2D eigenvalue weighted by atomic mass is 16.5. The number of ether oxygens (including phenoxy) is 1. The fourth-order valence-electron chi connectivity index (χ4n) is 2.07. The van der Waals surface area contributed by atoms with Crippen LogP contribution in [0.2, 0.25) is 0 Å². The van der Waals surface area contributed by atoms with E-state index in [-0.39, 0.29) is 11.8 Å². The molecule has 0 aliphatic rings. The Morgan fingerprint density at radius 3 is 2.26 bits per heavy atom. The number of hydrogen-bond donors (Lipinski definition) is 2. The minimum Gasteiger partial charge on any atom is -0.481 e. The Morgan fingerprint density at radius 2 is 1.65 bits per heavy atom. The summed E-state index contributed by atoms with van der Waals surface area (Å²) < 4.78 is 5.65. The van der Waals surface area contributed by atoms with E-state index in [1.807, 2.05) is 31.2 Å². The lowest BCUT2D eigenvalue weighted by Crippen LogP contribution is -2.30. The molecule has 2 amide bonds. The highest BCUT2D eigenvalue weighted by Crippen LogP contribution is 2.21. The lowest BCUT2D eigenvalue weighted by molar-refractivity contribution is -0.122. The lowest BCUT2D eigenvalue weighted by Gasteiger charge is -2.16. The Hall–Kier alpha value is -2.82. The van der Waals surface area contributed by atoms with Gasteiger partial charge in [-0.15, -0.1) is 0 Å². The third kappa shape index (κ3) is 4.85. The molecule has 2 rings (SSSR count). The smallest absolute Gasteiger partial charge is 0.265 e. The van der Waals surface area contributed by atoms with Gasteiger partial charge in [-0.25, -0.2) is 0 Å². The number of amides is 2. The first-order valence-electron chi connectivity index (χ1n) is 7.36. The summed E-state index contributed by atoms with van der Waals surface area (Å²) in [6, 6.07) is 14.5. The van der Waals surface area contributed by atoms with Crippen molar-refractivity contribution in [3.8, 4) is 5.75 Å². The molecule has 0 fully saturated rings. The van der Waals surface area contributed by atoms with E-state index < -0.39 is 6.10 Å². The minimum atomic E-state index is -0.665. The number of carbonyl (C=O) groups is 2. The molecular formula is C18H20N2O3. The molecule has 2 aromatic rings. The van der Waals surface area contributed by atoms with Crippen molar-refractivity contribution in [2.24, 2.45) is 0 Å². The summed E-state index contributed by atoms with van der Waals surface area (Å²) in [7, 11) is 0. The molecule has 0 heterocycles. The Labute approximate surface area is 135 Å². The molecule has 0 aliphatic heterocycles. The summed E-state index contributed by atoms with van der Waals surface area (Å²) in [5.41, 5.74) is 2.15. The van der Waals surface area contributed by atoms with Crippen LogP contribution in [-0.2, 0) is 9.59 Å². The number of rotatable bonds is 5. The van der Waals surface area contributed by atoms with Crippen molar-refractivity contribution in [1.82, 2.24) is 0 Å². The summed E-state index contributed by atoms with van der Waals surface area (Å²) in [6.07, 6.45) is -0.665. The van der Waals surface area contributed by atoms with Crippen LogP contribution in [0.15, 0.2) is 48.5 Å². The molecule has 5 nitrogen and oxygen atoms in total. The maximum atomic E-state index is 12.3. The summed E-state index contributed by atoms with van der Waals surface area (Å²) >= 11 is 0. The molecule has 0 saturated heterocycles. The number of para-hydroxylation sites is 2. The van der Waals surface area contributed by atoms with Crippen molar-refractivity contribution in [3.05, 3.63) is 54.1 Å². The second-order valence-corrected chi connectivity index (χ2v) is 5.29. The van der Waals surface area contributed by atoms with Crippen LogP contribution >= 0.6 is 0 Å². The molecule has 0 aliphatic carbocycles. The molecule has 0 radical (unpaired) electrons. The van der Waals surface area contributed by atoms with Gasteiger partial charge in [-0.2, -0.15) is 0 Å². The summed E-state index contributed by atoms with van der Waals surface area (Å²) in [5.74, 6) is 0.155. The van der Waals surface area contributed by atoms with Crippen molar-refractivity contribution < 1.29 is 14.3 Å². The number of carbonyl (C=O) groups excluding carboxylic acids is 2. The van der Waals surface area contributed by atoms with E-state index in [0.717, 1.165) is 5.56 Å². The summed E-state index contributed by atoms with van der Waals surface area (Å²) in [6.45, 7) is 5.06. The minimum absolute atomic E-state index is 0.198. The SMILES string of the molecule is CC(=O)Nc1ccccc1NC(=O)[C@@H](C)Oc1cccc(C)c1. The molecule has 2 N–H and O–H groups in total. The zero-order valence-electron chi connectivity index (χ0n) is 13.4. The molecule has 1 atom stereocenters. The Balaban J connectivity index is 2.05. The number of hydrogen-bond acceptors (Lipinski definition) is 3. The van der Waals surface area contributed by atoms with Gasteiger partial charge in [0.1, 0.15) is 5.75 Å². The van der Waals surface area contributed by atoms with Gasteiger partial charge < -0.3 is 15.4 Å². The van der Waals surface area contributed by atoms with E-state index in [1.165, 1.54) is 6.92 Å². The second-order valence-electron chi connectivity index (χ2n) is 5.29. The first-order valence-corrected chi connectivity index (χ1v) is 7.36. The fourth-order valence-corrected chi connectivity index (χ4v) is 2.07. The van der Waals surface area contributed by atoms with Gasteiger partial charge in [-0.3, -0.25) is 9.59 Å². The van der Waals surface area contributed by atoms with Crippen molar-refractivity contribution in [2.45, 2.75) is 26.9 Å². The average molecular weight is 312 g/mol. The summed E-state index contributed by atoms with van der Waals surface area (Å²) in [5, 5.41) is 5.45. The van der Waals surface area contributed by atoms with Gasteiger partial charge in [-0.05, 0) is 43.7 Å². The van der Waals surface area contributed by atoms with Crippen LogP contribution in [0.25, 0.3) is 0 Å². The standard InChI is InChI=1S/C18H20N2O3/c1-12-7-6-8-15(11-12)23-13(2)18(22)20-17-10-5-4-9-16(17)19-14(3)21/h4-11,13H,1-3H3,(H,19,21)(H,20,22)/t13-/m1/s1. The van der Waals surface area contributed by atoms with Crippen LogP contribution in [-0.4, -0.2) is 17.9 Å². The molecular weight excluding hydrogens is 292 g/mol. The third-order valence-corrected chi connectivity index (χ3v) is 3.17. The normalized spacial score (nSPS) is 11.4. The van der Waals surface area contributed by atoms with E-state index >= 15 is 0 Å². The monoisotopic (exact) mass is 312 g/mol. The van der Waals surface area contributed by atoms with E-state index in [1.54, 1.807) is 31.2 Å². The number of nitrogens with one attached hydrogen (secondary N) is 2. The molecule has 0 unspecified atom stereocenters. The van der Waals surface area contributed by atoms with Crippen molar-refractivity contribution >= 4 is 23.2 Å². The number of benzene rings is 2. The number of anilines is 2. The van der Waals surface area contributed by atoms with E-state index in [0.29, 0.717) is 17.1 Å². The van der Waals surface area contributed by atoms with Crippen LogP contribution in [0.4, 0.5) is 11.4 Å². The summed E-state index contributed by atoms with van der Waals surface area (Å²) in [4.78, 5) is 23.5. The predicted octanol–water partition coefficient (Wildman–Crippen LogP) is 3.36. The van der Waals surface area contributed by atoms with Gasteiger partial charge in [0.05, 0.1) is 11.4 Å². The topological polar surface area (TPSA) is 67.4 Å². The maximum Gasteiger partial charge on any atom is 0.265 e. The van der Waals surface area contributed by atoms with Crippen LogP contribution < -0.4 is 15.4 Å². The van der Waals surface area contributed by atoms with Crippen molar-refractivity contribution in [1.29, 1.82) is 0 Å². The highest BCUT2D eigenvalue weighted by Gasteiger charge is 2.16. The van der Waals surface area contributed by atoms with Gasteiger partial charge in [0, 0.05) is 6.92 Å². The van der Waals surface area contributed by atoms with Gasteiger partial charge in [0.2, 0.25) is 5.91 Å². The fraction of sp³-hybridized carbons (Fsp3) is 0.222. The molecule has 0 aromatic heterocycles. The van der Waals surface area contributed by atoms with Crippen molar-refractivity contribution in [2.75, 3.05) is 10.6 Å². The van der Waals surface area contributed by atoms with Crippen molar-refractivity contribution in [3.63, 3.8) is 0 Å². The van der Waals surface area contributed by atoms with Gasteiger partial charge in [-0.1, -0.05) is 24.3 Å². The van der Waals surface area contributed by atoms with Crippen LogP contribution in [0, 0.1) is 6.92 Å². The Morgan fingerprint density at radius 1 is 1.00 bits per heavy atom. The van der Waals surface area contributed by atoms with Crippen LogP contribution in [0.1, 0.15) is 19.4 Å². The molecule has 0 bridgehead atoms. The van der Waals surface area contributed by atoms with E-state index in [2.05, 4.69) is 10.6 Å². The second kappa shape index (κ2) is 7.45. The first kappa shape index (κ1) is 16.5. The molecule has 23 heavy (non-hydrogen) atoms. The first-order chi connectivity index (χ1) is 11.0. The molecule has 0 spiro atoms. The molecule has 0 saturated carbocycles. The van der Waals surface area contributed by atoms with Gasteiger partial charge in [0.15, 0.2) is 6.10 Å². The Bertz CT molecular complexity index is 713. The van der Waals surface area contributed by atoms with Gasteiger partial charge in [0.25, 0.3) is 5.91 Å². The van der Waals surface area contributed by atoms with E-state index in [9.17, 15) is 9.59 Å². The van der Waals surface area contributed by atoms with Gasteiger partial charge >= 0.3 is 0 Å². The van der Waals surface area contributed by atoms with Crippen LogP contribution in [0.5, 0.6) is 5.75 Å². The average Bonchev–Trinajstić information content (AvgIpc) is 2.48. The highest BCUT2D eigenvalue weighted by molar-refractivity contribution is 6.00. The predicted molar refractivity (Wildman–Crippen MR) is 90.6 cm³/mol. The zero-order chi connectivity index (χ0) is 16.8. The lowest BCUT2D eigenvalue weighted by atomic mass is 10.2.